The van der Waals surface area contributed by atoms with Crippen LogP contribution in [-0.2, 0) is 0 Å². The first-order valence-electron chi connectivity index (χ1n) is 9.05. The van der Waals surface area contributed by atoms with Crippen molar-refractivity contribution in [3.63, 3.8) is 0 Å². The summed E-state index contributed by atoms with van der Waals surface area (Å²) in [6, 6.07) is 1.63. The van der Waals surface area contributed by atoms with Crippen LogP contribution in [0, 0.1) is 17.8 Å². The summed E-state index contributed by atoms with van der Waals surface area (Å²) in [5, 5.41) is 3.76. The topological polar surface area (TPSA) is 15.3 Å². The minimum atomic E-state index is 0.763. The molecule has 20 heavy (non-hydrogen) atoms. The van der Waals surface area contributed by atoms with Crippen LogP contribution in [-0.4, -0.2) is 37.1 Å². The molecule has 0 aromatic rings. The largest absolute Gasteiger partial charge is 0.314 e. The molecule has 2 rings (SSSR count). The molecule has 0 saturated heterocycles. The van der Waals surface area contributed by atoms with E-state index in [0.717, 1.165) is 36.4 Å². The lowest BCUT2D eigenvalue weighted by atomic mass is 9.73. The number of nitrogens with zero attached hydrogens (tertiary/aromatic N) is 1. The van der Waals surface area contributed by atoms with Crippen molar-refractivity contribution < 1.29 is 0 Å². The van der Waals surface area contributed by atoms with E-state index in [1.54, 1.807) is 0 Å². The summed E-state index contributed by atoms with van der Waals surface area (Å²) >= 11 is 0. The summed E-state index contributed by atoms with van der Waals surface area (Å²) in [4.78, 5) is 2.69. The van der Waals surface area contributed by atoms with E-state index in [0.29, 0.717) is 0 Å². The molecule has 2 heteroatoms. The number of hydrogen-bond donors (Lipinski definition) is 1. The Morgan fingerprint density at radius 3 is 2.40 bits per heavy atom. The van der Waals surface area contributed by atoms with Gasteiger partial charge in [0, 0.05) is 18.6 Å². The van der Waals surface area contributed by atoms with Gasteiger partial charge in [0.2, 0.25) is 0 Å². The summed E-state index contributed by atoms with van der Waals surface area (Å²) in [6.07, 6.45) is 10.0. The van der Waals surface area contributed by atoms with Crippen molar-refractivity contribution in [3.05, 3.63) is 0 Å². The minimum absolute atomic E-state index is 0.763. The molecule has 2 nitrogen and oxygen atoms in total. The van der Waals surface area contributed by atoms with Gasteiger partial charge in [-0.1, -0.05) is 33.6 Å². The molecule has 0 bridgehead atoms. The van der Waals surface area contributed by atoms with Crippen molar-refractivity contribution in [1.82, 2.24) is 10.2 Å². The Bertz CT molecular complexity index is 271. The van der Waals surface area contributed by atoms with E-state index < -0.39 is 0 Å². The van der Waals surface area contributed by atoms with E-state index in [4.69, 9.17) is 0 Å². The van der Waals surface area contributed by atoms with E-state index in [1.165, 1.54) is 51.5 Å². The van der Waals surface area contributed by atoms with Gasteiger partial charge in [0.15, 0.2) is 0 Å². The monoisotopic (exact) mass is 280 g/mol. The maximum atomic E-state index is 3.76. The molecule has 3 atom stereocenters. The first-order chi connectivity index (χ1) is 9.61. The molecule has 0 amide bonds. The van der Waals surface area contributed by atoms with E-state index in [2.05, 4.69) is 38.0 Å². The maximum Gasteiger partial charge on any atom is 0.0108 e. The second-order valence-electron chi connectivity index (χ2n) is 7.62. The molecule has 3 unspecified atom stereocenters. The fraction of sp³-hybridized carbons (Fsp3) is 1.00. The van der Waals surface area contributed by atoms with Crippen LogP contribution in [0.1, 0.15) is 65.7 Å². The van der Waals surface area contributed by atoms with Gasteiger partial charge in [-0.25, -0.2) is 0 Å². The van der Waals surface area contributed by atoms with Crippen molar-refractivity contribution in [2.24, 2.45) is 17.8 Å². The molecule has 2 aliphatic rings. The lowest BCUT2D eigenvalue weighted by Gasteiger charge is -2.41. The molecule has 2 aliphatic carbocycles. The van der Waals surface area contributed by atoms with Crippen LogP contribution >= 0.6 is 0 Å². The third-order valence-corrected chi connectivity index (χ3v) is 5.90. The second kappa shape index (κ2) is 7.79. The predicted molar refractivity (Wildman–Crippen MR) is 88.0 cm³/mol. The fourth-order valence-electron chi connectivity index (χ4n) is 4.50. The first kappa shape index (κ1) is 16.3. The molecule has 0 radical (unpaired) electrons. The van der Waals surface area contributed by atoms with Crippen molar-refractivity contribution in [1.29, 1.82) is 0 Å². The predicted octanol–water partition coefficient (Wildman–Crippen LogP) is 3.91. The zero-order chi connectivity index (χ0) is 14.5. The normalized spacial score (nSPS) is 32.4. The number of nitrogens with one attached hydrogen (secondary N) is 1. The van der Waals surface area contributed by atoms with Crippen LogP contribution in [0.5, 0.6) is 0 Å². The van der Waals surface area contributed by atoms with E-state index in [9.17, 15) is 0 Å². The molecule has 2 fully saturated rings. The Hall–Kier alpha value is -0.0800. The van der Waals surface area contributed by atoms with Gasteiger partial charge < -0.3 is 10.2 Å². The van der Waals surface area contributed by atoms with Gasteiger partial charge in [-0.3, -0.25) is 0 Å². The van der Waals surface area contributed by atoms with Gasteiger partial charge in [-0.2, -0.15) is 0 Å². The quantitative estimate of drug-likeness (QED) is 0.793. The van der Waals surface area contributed by atoms with Crippen LogP contribution in [0.25, 0.3) is 0 Å². The highest BCUT2D eigenvalue weighted by atomic mass is 15.1. The van der Waals surface area contributed by atoms with Crippen LogP contribution in [0.4, 0.5) is 0 Å². The third kappa shape index (κ3) is 4.21. The average Bonchev–Trinajstić information content (AvgIpc) is 2.94. The van der Waals surface area contributed by atoms with Gasteiger partial charge in [0.25, 0.3) is 0 Å². The lowest BCUT2D eigenvalue weighted by Crippen LogP contribution is -2.47. The Kier molecular flexibility index (Phi) is 6.35. The summed E-state index contributed by atoms with van der Waals surface area (Å²) in [6.45, 7) is 9.52. The summed E-state index contributed by atoms with van der Waals surface area (Å²) in [5.74, 6) is 2.67. The van der Waals surface area contributed by atoms with Crippen LogP contribution in [0.15, 0.2) is 0 Å². The first-order valence-corrected chi connectivity index (χ1v) is 9.05. The average molecular weight is 280 g/mol. The fourth-order valence-corrected chi connectivity index (χ4v) is 4.50. The highest BCUT2D eigenvalue weighted by Crippen LogP contribution is 2.35. The molecular weight excluding hydrogens is 244 g/mol. The molecule has 0 aliphatic heterocycles. The summed E-state index contributed by atoms with van der Waals surface area (Å²) in [5.41, 5.74) is 0. The zero-order valence-corrected chi connectivity index (χ0v) is 14.2. The van der Waals surface area contributed by atoms with Crippen LogP contribution < -0.4 is 5.32 Å². The zero-order valence-electron chi connectivity index (χ0n) is 14.2. The molecule has 0 aromatic heterocycles. The van der Waals surface area contributed by atoms with Crippen molar-refractivity contribution in [3.8, 4) is 0 Å². The Morgan fingerprint density at radius 2 is 1.80 bits per heavy atom. The SMILES string of the molecule is CCNC1CCC(C(C)C)CC1CN(C)C1CCCC1. The van der Waals surface area contributed by atoms with E-state index >= 15 is 0 Å². The van der Waals surface area contributed by atoms with Crippen molar-refractivity contribution in [2.45, 2.75) is 77.8 Å². The second-order valence-corrected chi connectivity index (χ2v) is 7.62. The molecule has 0 aromatic carbocycles. The van der Waals surface area contributed by atoms with E-state index in [-0.39, 0.29) is 0 Å². The molecule has 0 spiro atoms. The van der Waals surface area contributed by atoms with Gasteiger partial charge in [0.05, 0.1) is 0 Å². The summed E-state index contributed by atoms with van der Waals surface area (Å²) < 4.78 is 0. The van der Waals surface area contributed by atoms with E-state index in [1.807, 2.05) is 0 Å². The third-order valence-electron chi connectivity index (χ3n) is 5.90. The van der Waals surface area contributed by atoms with Gasteiger partial charge >= 0.3 is 0 Å². The van der Waals surface area contributed by atoms with Gasteiger partial charge in [0.1, 0.15) is 0 Å². The van der Waals surface area contributed by atoms with Gasteiger partial charge in [-0.05, 0) is 63.5 Å². The van der Waals surface area contributed by atoms with Gasteiger partial charge in [-0.15, -0.1) is 0 Å². The highest BCUT2D eigenvalue weighted by Gasteiger charge is 2.33. The standard InChI is InChI=1S/C18H36N2/c1-5-19-18-11-10-15(14(2)3)12-16(18)13-20(4)17-8-6-7-9-17/h14-19H,5-13H2,1-4H3. The molecule has 2 saturated carbocycles. The molecular formula is C18H36N2. The summed E-state index contributed by atoms with van der Waals surface area (Å²) in [7, 11) is 2.37. The smallest absolute Gasteiger partial charge is 0.0108 e. The lowest BCUT2D eigenvalue weighted by molar-refractivity contribution is 0.115. The maximum absolute atomic E-state index is 3.76. The minimum Gasteiger partial charge on any atom is -0.314 e. The van der Waals surface area contributed by atoms with Crippen molar-refractivity contribution >= 4 is 0 Å². The highest BCUT2D eigenvalue weighted by molar-refractivity contribution is 4.88. The Morgan fingerprint density at radius 1 is 1.10 bits per heavy atom. The molecule has 118 valence electrons. The Balaban J connectivity index is 1.91. The molecule has 0 heterocycles. The molecule has 1 N–H and O–H groups in total. The number of rotatable bonds is 6. The van der Waals surface area contributed by atoms with Crippen LogP contribution in [0.2, 0.25) is 0 Å². The Labute approximate surface area is 126 Å². The van der Waals surface area contributed by atoms with Crippen LogP contribution in [0.3, 0.4) is 0 Å². The number of hydrogen-bond acceptors (Lipinski definition) is 2. The van der Waals surface area contributed by atoms with Crippen molar-refractivity contribution in [2.75, 3.05) is 20.1 Å².